The standard InChI is InChI=1S/C24H33N8O3/c1-4-31-20(11-12-26-31)24(34)28-23(17-7-5-16(2)6-8-17)32(35)29-21-10-9-18(13-25-21)22-19(15-33)14-27-30(22)3/h9-14,16-17,23,33H,4-8,15H2,1-3H3,(H,25,29)(H,28,34)/q-1/t16?,17?,23-/m1/s1. The Balaban J connectivity index is 1.51. The number of carbonyl (C=O) groups excluding carboxylic acids is 1. The van der Waals surface area contributed by atoms with Gasteiger partial charge in [0.2, 0.25) is 0 Å². The van der Waals surface area contributed by atoms with Gasteiger partial charge in [0.15, 0.2) is 0 Å². The number of hydrazine groups is 1. The van der Waals surface area contributed by atoms with E-state index in [-0.39, 0.29) is 18.4 Å². The van der Waals surface area contributed by atoms with Crippen LogP contribution in [0.1, 0.15) is 55.6 Å². The molecule has 188 valence electrons. The van der Waals surface area contributed by atoms with Crippen molar-refractivity contribution < 1.29 is 9.90 Å². The molecule has 1 fully saturated rings. The van der Waals surface area contributed by atoms with E-state index in [4.69, 9.17) is 0 Å². The number of hydroxylamine groups is 1. The molecule has 1 atom stereocenters. The van der Waals surface area contributed by atoms with Gasteiger partial charge in [-0.05, 0) is 49.8 Å². The number of pyridine rings is 1. The number of rotatable bonds is 9. The van der Waals surface area contributed by atoms with E-state index in [9.17, 15) is 15.1 Å². The Morgan fingerprint density at radius 1 is 1.23 bits per heavy atom. The van der Waals surface area contributed by atoms with Crippen LogP contribution >= 0.6 is 0 Å². The predicted molar refractivity (Wildman–Crippen MR) is 131 cm³/mol. The topological polar surface area (TPSA) is 136 Å². The number of aryl methyl sites for hydroxylation is 2. The van der Waals surface area contributed by atoms with Crippen molar-refractivity contribution in [2.45, 2.75) is 58.8 Å². The van der Waals surface area contributed by atoms with E-state index in [1.54, 1.807) is 47.1 Å². The Morgan fingerprint density at radius 3 is 2.66 bits per heavy atom. The molecule has 0 unspecified atom stereocenters. The van der Waals surface area contributed by atoms with Crippen LogP contribution in [0.15, 0.2) is 36.8 Å². The highest BCUT2D eigenvalue weighted by molar-refractivity contribution is 5.92. The lowest BCUT2D eigenvalue weighted by Gasteiger charge is -2.43. The van der Waals surface area contributed by atoms with Gasteiger partial charge in [-0.15, -0.1) is 0 Å². The smallest absolute Gasteiger partial charge is 0.270 e. The number of carbonyl (C=O) groups is 1. The lowest BCUT2D eigenvalue weighted by molar-refractivity contribution is 0.0796. The van der Waals surface area contributed by atoms with Crippen molar-refractivity contribution in [3.05, 3.63) is 53.3 Å². The Hall–Kier alpha value is -3.28. The fourth-order valence-corrected chi connectivity index (χ4v) is 4.71. The molecule has 1 saturated carbocycles. The zero-order valence-electron chi connectivity index (χ0n) is 20.4. The second kappa shape index (κ2) is 11.0. The number of hydrogen-bond acceptors (Lipinski definition) is 8. The molecule has 0 bridgehead atoms. The maximum atomic E-state index is 13.3. The molecule has 3 heterocycles. The Morgan fingerprint density at radius 2 is 2.00 bits per heavy atom. The Bertz CT molecular complexity index is 1120. The molecule has 4 rings (SSSR count). The van der Waals surface area contributed by atoms with Gasteiger partial charge in [0, 0.05) is 37.1 Å². The number of aliphatic hydroxyl groups excluding tert-OH is 1. The van der Waals surface area contributed by atoms with Gasteiger partial charge in [-0.1, -0.05) is 19.8 Å². The van der Waals surface area contributed by atoms with Crippen LogP contribution < -0.4 is 10.7 Å². The van der Waals surface area contributed by atoms with E-state index in [0.717, 1.165) is 36.9 Å². The van der Waals surface area contributed by atoms with Crippen LogP contribution in [0.3, 0.4) is 0 Å². The molecule has 3 aromatic heterocycles. The molecule has 0 aromatic carbocycles. The van der Waals surface area contributed by atoms with E-state index in [2.05, 4.69) is 32.8 Å². The first kappa shape index (κ1) is 24.8. The highest BCUT2D eigenvalue weighted by Gasteiger charge is 2.29. The highest BCUT2D eigenvalue weighted by atomic mass is 16.5. The van der Waals surface area contributed by atoms with Gasteiger partial charge in [0.05, 0.1) is 24.7 Å². The van der Waals surface area contributed by atoms with E-state index >= 15 is 0 Å². The molecule has 1 amide bonds. The van der Waals surface area contributed by atoms with Gasteiger partial charge in [-0.2, -0.15) is 10.2 Å². The molecule has 0 aliphatic heterocycles. The Labute approximate surface area is 204 Å². The third-order valence-corrected chi connectivity index (χ3v) is 6.73. The van der Waals surface area contributed by atoms with Crippen molar-refractivity contribution in [2.24, 2.45) is 18.9 Å². The van der Waals surface area contributed by atoms with Crippen LogP contribution in [-0.2, 0) is 20.2 Å². The maximum absolute atomic E-state index is 13.3. The molecule has 0 radical (unpaired) electrons. The fraction of sp³-hybridized carbons (Fsp3) is 0.500. The quantitative estimate of drug-likeness (QED) is 0.313. The minimum atomic E-state index is -0.755. The monoisotopic (exact) mass is 481 g/mol. The van der Waals surface area contributed by atoms with Crippen molar-refractivity contribution in [3.8, 4) is 11.3 Å². The first-order chi connectivity index (χ1) is 16.9. The minimum Gasteiger partial charge on any atom is -0.766 e. The minimum absolute atomic E-state index is 0.0129. The number of amides is 1. The summed E-state index contributed by atoms with van der Waals surface area (Å²) >= 11 is 0. The molecule has 11 heteroatoms. The summed E-state index contributed by atoms with van der Waals surface area (Å²) in [5, 5.41) is 34.9. The van der Waals surface area contributed by atoms with Gasteiger partial charge in [0.1, 0.15) is 11.5 Å². The number of aromatic nitrogens is 5. The number of nitrogens with zero attached hydrogens (tertiary/aromatic N) is 6. The molecular formula is C24H33N8O3-. The largest absolute Gasteiger partial charge is 0.766 e. The van der Waals surface area contributed by atoms with Crippen LogP contribution in [0.25, 0.3) is 11.3 Å². The molecule has 0 saturated heterocycles. The zero-order chi connectivity index (χ0) is 24.9. The van der Waals surface area contributed by atoms with Crippen LogP contribution in [0.4, 0.5) is 5.82 Å². The molecule has 35 heavy (non-hydrogen) atoms. The van der Waals surface area contributed by atoms with Gasteiger partial charge < -0.3 is 21.1 Å². The molecule has 3 aromatic rings. The highest BCUT2D eigenvalue weighted by Crippen LogP contribution is 2.32. The van der Waals surface area contributed by atoms with Crippen LogP contribution in [0.5, 0.6) is 0 Å². The van der Waals surface area contributed by atoms with Gasteiger partial charge in [-0.3, -0.25) is 19.3 Å². The number of nitrogens with one attached hydrogen (secondary N) is 2. The van der Waals surface area contributed by atoms with Crippen molar-refractivity contribution in [3.63, 3.8) is 0 Å². The van der Waals surface area contributed by atoms with Gasteiger partial charge in [0.25, 0.3) is 5.91 Å². The molecule has 11 nitrogen and oxygen atoms in total. The summed E-state index contributed by atoms with van der Waals surface area (Å²) in [6, 6.07) is 5.16. The molecule has 3 N–H and O–H groups in total. The van der Waals surface area contributed by atoms with E-state index in [0.29, 0.717) is 34.7 Å². The SMILES string of the molecule is CCn1nccc1C(=O)N[C@@H](C1CCC(C)CC1)N([O-])Nc1ccc(-c2c(CO)cnn2C)cn1. The molecule has 1 aliphatic rings. The number of aliphatic hydroxyl groups is 1. The predicted octanol–water partition coefficient (Wildman–Crippen LogP) is 2.90. The van der Waals surface area contributed by atoms with Gasteiger partial charge >= 0.3 is 0 Å². The number of anilines is 1. The Kier molecular flexibility index (Phi) is 7.79. The third-order valence-electron chi connectivity index (χ3n) is 6.73. The summed E-state index contributed by atoms with van der Waals surface area (Å²) < 4.78 is 3.28. The van der Waals surface area contributed by atoms with Crippen molar-refractivity contribution in [1.29, 1.82) is 0 Å². The average molecular weight is 482 g/mol. The first-order valence-electron chi connectivity index (χ1n) is 12.0. The normalized spacial score (nSPS) is 19.0. The third kappa shape index (κ3) is 5.53. The lowest BCUT2D eigenvalue weighted by Crippen LogP contribution is -2.53. The van der Waals surface area contributed by atoms with Crippen molar-refractivity contribution in [2.75, 3.05) is 5.43 Å². The molecule has 0 spiro atoms. The molecular weight excluding hydrogens is 448 g/mol. The summed E-state index contributed by atoms with van der Waals surface area (Å²) in [5.74, 6) is 0.659. The number of hydrogen-bond donors (Lipinski definition) is 3. The van der Waals surface area contributed by atoms with E-state index in [1.807, 2.05) is 13.0 Å². The van der Waals surface area contributed by atoms with Crippen molar-refractivity contribution >= 4 is 11.7 Å². The van der Waals surface area contributed by atoms with Crippen LogP contribution in [0.2, 0.25) is 0 Å². The first-order valence-corrected chi connectivity index (χ1v) is 12.0. The average Bonchev–Trinajstić information content (AvgIpc) is 3.50. The fourth-order valence-electron chi connectivity index (χ4n) is 4.71. The second-order valence-electron chi connectivity index (χ2n) is 9.14. The summed E-state index contributed by atoms with van der Waals surface area (Å²) in [7, 11) is 1.79. The van der Waals surface area contributed by atoms with Crippen LogP contribution in [0, 0.1) is 17.0 Å². The zero-order valence-corrected chi connectivity index (χ0v) is 20.4. The van der Waals surface area contributed by atoms with Crippen molar-refractivity contribution in [1.82, 2.24) is 35.0 Å². The summed E-state index contributed by atoms with van der Waals surface area (Å²) in [6.45, 7) is 4.56. The lowest BCUT2D eigenvalue weighted by atomic mass is 9.81. The maximum Gasteiger partial charge on any atom is 0.270 e. The van der Waals surface area contributed by atoms with E-state index < -0.39 is 6.17 Å². The summed E-state index contributed by atoms with van der Waals surface area (Å²) in [4.78, 5) is 17.4. The summed E-state index contributed by atoms with van der Waals surface area (Å²) in [6.07, 6.45) is 7.82. The van der Waals surface area contributed by atoms with Gasteiger partial charge in [-0.25, -0.2) is 4.98 Å². The van der Waals surface area contributed by atoms with E-state index in [1.165, 1.54) is 0 Å². The van der Waals surface area contributed by atoms with Crippen LogP contribution in [-0.4, -0.2) is 46.9 Å². The molecule has 1 aliphatic carbocycles. The summed E-state index contributed by atoms with van der Waals surface area (Å²) in [5.41, 5.74) is 5.46. The second-order valence-corrected chi connectivity index (χ2v) is 9.14.